The number of aliphatic hydroxyl groups is 1. The third kappa shape index (κ3) is 2.99. The van der Waals surface area contributed by atoms with Crippen LogP contribution in [0, 0.1) is 6.92 Å². The van der Waals surface area contributed by atoms with Crippen LogP contribution in [0.3, 0.4) is 0 Å². The van der Waals surface area contributed by atoms with Crippen molar-refractivity contribution in [3.05, 3.63) is 28.2 Å². The summed E-state index contributed by atoms with van der Waals surface area (Å²) in [5, 5.41) is 12.6. The van der Waals surface area contributed by atoms with Gasteiger partial charge in [-0.3, -0.25) is 4.79 Å². The Morgan fingerprint density at radius 2 is 2.23 bits per heavy atom. The van der Waals surface area contributed by atoms with Crippen LogP contribution in [0.2, 0.25) is 0 Å². The molecule has 0 bridgehead atoms. The summed E-state index contributed by atoms with van der Waals surface area (Å²) < 4.78 is 1.44. The van der Waals surface area contributed by atoms with E-state index in [2.05, 4.69) is 5.10 Å². The minimum atomic E-state index is -0.0801. The van der Waals surface area contributed by atoms with Crippen LogP contribution >= 0.6 is 0 Å². The first-order valence-corrected chi connectivity index (χ1v) is 4.39. The molecule has 72 valence electrons. The van der Waals surface area contributed by atoms with Crippen LogP contribution in [0.4, 0.5) is 0 Å². The van der Waals surface area contributed by atoms with Crippen LogP contribution in [0.1, 0.15) is 18.5 Å². The van der Waals surface area contributed by atoms with Gasteiger partial charge in [0.15, 0.2) is 0 Å². The number of aliphatic hydroxyl groups excluding tert-OH is 1. The average Bonchev–Trinajstić information content (AvgIpc) is 2.11. The molecule has 1 aromatic heterocycles. The Labute approximate surface area is 76.8 Å². The summed E-state index contributed by atoms with van der Waals surface area (Å²) in [6.45, 7) is 2.60. The lowest BCUT2D eigenvalue weighted by atomic mass is 10.3. The molecular formula is C9H14N2O2. The van der Waals surface area contributed by atoms with Gasteiger partial charge < -0.3 is 5.11 Å². The van der Waals surface area contributed by atoms with Crippen molar-refractivity contribution in [2.75, 3.05) is 6.61 Å². The first kappa shape index (κ1) is 9.92. The molecule has 1 rings (SSSR count). The maximum Gasteiger partial charge on any atom is 0.266 e. The Morgan fingerprint density at radius 3 is 2.92 bits per heavy atom. The summed E-state index contributed by atoms with van der Waals surface area (Å²) in [4.78, 5) is 11.2. The summed E-state index contributed by atoms with van der Waals surface area (Å²) >= 11 is 0. The highest BCUT2D eigenvalue weighted by Gasteiger charge is 1.96. The minimum Gasteiger partial charge on any atom is -0.396 e. The largest absolute Gasteiger partial charge is 0.396 e. The van der Waals surface area contributed by atoms with Crippen LogP contribution < -0.4 is 5.56 Å². The molecule has 0 saturated heterocycles. The van der Waals surface area contributed by atoms with E-state index in [1.165, 1.54) is 10.7 Å². The second-order valence-corrected chi connectivity index (χ2v) is 2.97. The first-order valence-electron chi connectivity index (χ1n) is 4.39. The summed E-state index contributed by atoms with van der Waals surface area (Å²) in [5.41, 5.74) is 0.757. The van der Waals surface area contributed by atoms with Crippen LogP contribution in [0.5, 0.6) is 0 Å². The highest BCUT2D eigenvalue weighted by Crippen LogP contribution is 1.91. The minimum absolute atomic E-state index is 0.0801. The van der Waals surface area contributed by atoms with Crippen molar-refractivity contribution in [3.63, 3.8) is 0 Å². The normalized spacial score (nSPS) is 10.3. The maximum absolute atomic E-state index is 11.2. The SMILES string of the molecule is Cc1ccc(=O)n(CCCCO)n1. The number of nitrogens with zero attached hydrogens (tertiary/aromatic N) is 2. The molecule has 0 atom stereocenters. The summed E-state index contributed by atoms with van der Waals surface area (Å²) in [7, 11) is 0. The van der Waals surface area contributed by atoms with Gasteiger partial charge in [0.25, 0.3) is 5.56 Å². The van der Waals surface area contributed by atoms with Gasteiger partial charge in [-0.25, -0.2) is 4.68 Å². The van der Waals surface area contributed by atoms with E-state index in [-0.39, 0.29) is 12.2 Å². The lowest BCUT2D eigenvalue weighted by Gasteiger charge is -2.03. The van der Waals surface area contributed by atoms with Gasteiger partial charge in [0.1, 0.15) is 0 Å². The van der Waals surface area contributed by atoms with Crippen molar-refractivity contribution < 1.29 is 5.11 Å². The smallest absolute Gasteiger partial charge is 0.266 e. The van der Waals surface area contributed by atoms with Crippen molar-refractivity contribution in [1.82, 2.24) is 9.78 Å². The molecule has 0 radical (unpaired) electrons. The Kier molecular flexibility index (Phi) is 3.64. The monoisotopic (exact) mass is 182 g/mol. The lowest BCUT2D eigenvalue weighted by Crippen LogP contribution is -2.22. The molecule has 0 spiro atoms. The molecular weight excluding hydrogens is 168 g/mol. The summed E-state index contributed by atoms with van der Waals surface area (Å²) in [5.74, 6) is 0. The first-order chi connectivity index (χ1) is 6.24. The molecule has 1 aromatic rings. The quantitative estimate of drug-likeness (QED) is 0.682. The van der Waals surface area contributed by atoms with E-state index in [0.29, 0.717) is 13.0 Å². The van der Waals surface area contributed by atoms with Gasteiger partial charge in [0.2, 0.25) is 0 Å². The van der Waals surface area contributed by atoms with Gasteiger partial charge in [-0.1, -0.05) is 0 Å². The standard InChI is InChI=1S/C9H14N2O2/c1-8-4-5-9(13)11(10-8)6-2-3-7-12/h4-5,12H,2-3,6-7H2,1H3. The van der Waals surface area contributed by atoms with Gasteiger partial charge in [0.05, 0.1) is 5.69 Å². The molecule has 13 heavy (non-hydrogen) atoms. The number of unbranched alkanes of at least 4 members (excludes halogenated alkanes) is 1. The summed E-state index contributed by atoms with van der Waals surface area (Å²) in [6.07, 6.45) is 1.49. The van der Waals surface area contributed by atoms with Crippen molar-refractivity contribution >= 4 is 0 Å². The van der Waals surface area contributed by atoms with Crippen LogP contribution in [-0.2, 0) is 6.54 Å². The van der Waals surface area contributed by atoms with E-state index in [4.69, 9.17) is 5.11 Å². The highest BCUT2D eigenvalue weighted by molar-refractivity contribution is 4.96. The third-order valence-corrected chi connectivity index (χ3v) is 1.78. The molecule has 0 fully saturated rings. The fourth-order valence-corrected chi connectivity index (χ4v) is 1.08. The third-order valence-electron chi connectivity index (χ3n) is 1.78. The number of aromatic nitrogens is 2. The molecule has 0 amide bonds. The zero-order valence-corrected chi connectivity index (χ0v) is 7.73. The fraction of sp³-hybridized carbons (Fsp3) is 0.556. The molecule has 0 aliphatic rings. The van der Waals surface area contributed by atoms with E-state index in [0.717, 1.165) is 12.1 Å². The number of hydrogen-bond acceptors (Lipinski definition) is 3. The van der Waals surface area contributed by atoms with E-state index in [1.54, 1.807) is 6.07 Å². The second-order valence-electron chi connectivity index (χ2n) is 2.97. The number of aryl methyl sites for hydroxylation is 2. The maximum atomic E-state index is 11.2. The predicted octanol–water partition coefficient (Wildman–Crippen LogP) is 0.324. The predicted molar refractivity (Wildman–Crippen MR) is 49.6 cm³/mol. The van der Waals surface area contributed by atoms with Gasteiger partial charge in [-0.2, -0.15) is 5.10 Å². The van der Waals surface area contributed by atoms with Crippen molar-refractivity contribution in [2.45, 2.75) is 26.3 Å². The Hall–Kier alpha value is -1.16. The second kappa shape index (κ2) is 4.77. The Morgan fingerprint density at radius 1 is 1.46 bits per heavy atom. The van der Waals surface area contributed by atoms with Gasteiger partial charge in [-0.05, 0) is 25.8 Å². The fourth-order valence-electron chi connectivity index (χ4n) is 1.08. The molecule has 4 nitrogen and oxygen atoms in total. The van der Waals surface area contributed by atoms with Crippen molar-refractivity contribution in [3.8, 4) is 0 Å². The van der Waals surface area contributed by atoms with Gasteiger partial charge in [-0.15, -0.1) is 0 Å². The molecule has 0 aliphatic heterocycles. The lowest BCUT2D eigenvalue weighted by molar-refractivity contribution is 0.279. The molecule has 1 heterocycles. The average molecular weight is 182 g/mol. The van der Waals surface area contributed by atoms with Gasteiger partial charge >= 0.3 is 0 Å². The Balaban J connectivity index is 2.65. The molecule has 0 aliphatic carbocycles. The van der Waals surface area contributed by atoms with E-state index >= 15 is 0 Å². The summed E-state index contributed by atoms with van der Waals surface area (Å²) in [6, 6.07) is 3.21. The molecule has 0 saturated carbocycles. The zero-order valence-electron chi connectivity index (χ0n) is 7.73. The molecule has 0 aromatic carbocycles. The number of hydrogen-bond donors (Lipinski definition) is 1. The van der Waals surface area contributed by atoms with E-state index < -0.39 is 0 Å². The van der Waals surface area contributed by atoms with Crippen LogP contribution in [0.25, 0.3) is 0 Å². The molecule has 0 unspecified atom stereocenters. The van der Waals surface area contributed by atoms with Crippen LogP contribution in [0.15, 0.2) is 16.9 Å². The highest BCUT2D eigenvalue weighted by atomic mass is 16.2. The molecule has 1 N–H and O–H groups in total. The van der Waals surface area contributed by atoms with Gasteiger partial charge in [0, 0.05) is 19.2 Å². The Bertz CT molecular complexity index is 320. The topological polar surface area (TPSA) is 55.1 Å². The van der Waals surface area contributed by atoms with Crippen LogP contribution in [-0.4, -0.2) is 21.5 Å². The van der Waals surface area contributed by atoms with Crippen molar-refractivity contribution in [2.24, 2.45) is 0 Å². The van der Waals surface area contributed by atoms with E-state index in [1.807, 2.05) is 6.92 Å². The zero-order chi connectivity index (χ0) is 9.68. The van der Waals surface area contributed by atoms with E-state index in [9.17, 15) is 4.79 Å². The van der Waals surface area contributed by atoms with Crippen molar-refractivity contribution in [1.29, 1.82) is 0 Å². The number of rotatable bonds is 4. The molecule has 4 heteroatoms.